The molecule has 0 unspecified atom stereocenters. The molecule has 2 aromatic carbocycles. The Kier molecular flexibility index (Phi) is 2.86. The van der Waals surface area contributed by atoms with E-state index in [0.29, 0.717) is 0 Å². The summed E-state index contributed by atoms with van der Waals surface area (Å²) in [6.07, 6.45) is 1.01. The Morgan fingerprint density at radius 3 is 2.81 bits per heavy atom. The van der Waals surface area contributed by atoms with E-state index in [4.69, 9.17) is 16.6 Å². The fourth-order valence-corrected chi connectivity index (χ4v) is 3.21. The SMILES string of the molecule is Cc1ccc2cc3c(nc2c1)N(c1ccccc1Cl)CC3. The summed E-state index contributed by atoms with van der Waals surface area (Å²) in [5.41, 5.74) is 4.62. The summed E-state index contributed by atoms with van der Waals surface area (Å²) < 4.78 is 0. The molecule has 1 aliphatic rings. The molecule has 0 radical (unpaired) electrons. The first-order valence-corrected chi connectivity index (χ1v) is 7.52. The monoisotopic (exact) mass is 294 g/mol. The van der Waals surface area contributed by atoms with Crippen LogP contribution in [0.15, 0.2) is 48.5 Å². The molecule has 0 aliphatic carbocycles. The molecule has 3 heteroatoms. The van der Waals surface area contributed by atoms with Crippen molar-refractivity contribution in [3.63, 3.8) is 0 Å². The molecule has 0 saturated carbocycles. The van der Waals surface area contributed by atoms with E-state index in [0.717, 1.165) is 35.0 Å². The van der Waals surface area contributed by atoms with Crippen molar-refractivity contribution in [3.05, 3.63) is 64.7 Å². The minimum Gasteiger partial charge on any atom is -0.324 e. The predicted molar refractivity (Wildman–Crippen MR) is 88.6 cm³/mol. The molecular formula is C18H15ClN2. The number of hydrogen-bond acceptors (Lipinski definition) is 2. The van der Waals surface area contributed by atoms with Crippen LogP contribution in [0, 0.1) is 6.92 Å². The maximum absolute atomic E-state index is 6.34. The lowest BCUT2D eigenvalue weighted by molar-refractivity contribution is 0.992. The average Bonchev–Trinajstić information content (AvgIpc) is 2.88. The number of hydrogen-bond donors (Lipinski definition) is 0. The molecule has 1 aromatic heterocycles. The lowest BCUT2D eigenvalue weighted by atomic mass is 10.1. The fourth-order valence-electron chi connectivity index (χ4n) is 2.97. The number of para-hydroxylation sites is 1. The Labute approximate surface area is 129 Å². The second-order valence-corrected chi connectivity index (χ2v) is 5.93. The molecule has 2 heterocycles. The molecule has 0 fully saturated rings. The van der Waals surface area contributed by atoms with Gasteiger partial charge in [0.2, 0.25) is 0 Å². The molecule has 21 heavy (non-hydrogen) atoms. The summed E-state index contributed by atoms with van der Waals surface area (Å²) in [5.74, 6) is 1.04. The first kappa shape index (κ1) is 12.7. The van der Waals surface area contributed by atoms with Crippen LogP contribution in [0.3, 0.4) is 0 Å². The van der Waals surface area contributed by atoms with Gasteiger partial charge in [-0.05, 0) is 48.7 Å². The second kappa shape index (κ2) is 4.74. The van der Waals surface area contributed by atoms with Crippen molar-refractivity contribution in [2.45, 2.75) is 13.3 Å². The van der Waals surface area contributed by atoms with Gasteiger partial charge in [0.1, 0.15) is 5.82 Å². The van der Waals surface area contributed by atoms with Gasteiger partial charge in [0.15, 0.2) is 0 Å². The number of pyridine rings is 1. The van der Waals surface area contributed by atoms with Gasteiger partial charge in [0, 0.05) is 11.9 Å². The molecule has 0 amide bonds. The van der Waals surface area contributed by atoms with E-state index in [1.165, 1.54) is 16.5 Å². The number of halogens is 1. The minimum absolute atomic E-state index is 0.775. The highest BCUT2D eigenvalue weighted by Crippen LogP contribution is 2.38. The molecule has 4 rings (SSSR count). The summed E-state index contributed by atoms with van der Waals surface area (Å²) >= 11 is 6.34. The van der Waals surface area contributed by atoms with Gasteiger partial charge in [-0.15, -0.1) is 0 Å². The van der Waals surface area contributed by atoms with Crippen LogP contribution in [0.2, 0.25) is 5.02 Å². The topological polar surface area (TPSA) is 16.1 Å². The van der Waals surface area contributed by atoms with Crippen LogP contribution in [0.25, 0.3) is 10.9 Å². The molecule has 0 N–H and O–H groups in total. The lowest BCUT2D eigenvalue weighted by Gasteiger charge is -2.20. The number of rotatable bonds is 1. The summed E-state index contributed by atoms with van der Waals surface area (Å²) in [7, 11) is 0. The molecule has 0 atom stereocenters. The van der Waals surface area contributed by atoms with E-state index in [-0.39, 0.29) is 0 Å². The van der Waals surface area contributed by atoms with E-state index in [1.807, 2.05) is 18.2 Å². The Morgan fingerprint density at radius 2 is 1.95 bits per heavy atom. The Bertz CT molecular complexity index is 842. The van der Waals surface area contributed by atoms with Gasteiger partial charge < -0.3 is 4.90 Å². The fraction of sp³-hybridized carbons (Fsp3) is 0.167. The maximum atomic E-state index is 6.34. The lowest BCUT2D eigenvalue weighted by Crippen LogP contribution is -2.14. The zero-order chi connectivity index (χ0) is 14.4. The molecule has 3 aromatic rings. The second-order valence-electron chi connectivity index (χ2n) is 5.52. The zero-order valence-corrected chi connectivity index (χ0v) is 12.6. The number of nitrogens with zero attached hydrogens (tertiary/aromatic N) is 2. The van der Waals surface area contributed by atoms with Crippen molar-refractivity contribution >= 4 is 34.0 Å². The van der Waals surface area contributed by atoms with Crippen molar-refractivity contribution in [1.82, 2.24) is 4.98 Å². The van der Waals surface area contributed by atoms with E-state index in [2.05, 4.69) is 42.2 Å². The van der Waals surface area contributed by atoms with Gasteiger partial charge in [-0.3, -0.25) is 0 Å². The van der Waals surface area contributed by atoms with E-state index in [9.17, 15) is 0 Å². The first-order chi connectivity index (χ1) is 10.2. The molecule has 0 spiro atoms. The van der Waals surface area contributed by atoms with Crippen molar-refractivity contribution < 1.29 is 0 Å². The third-order valence-electron chi connectivity index (χ3n) is 4.03. The summed E-state index contributed by atoms with van der Waals surface area (Å²) in [6.45, 7) is 3.03. The zero-order valence-electron chi connectivity index (χ0n) is 11.8. The van der Waals surface area contributed by atoms with Crippen LogP contribution in [0.1, 0.15) is 11.1 Å². The van der Waals surface area contributed by atoms with Crippen LogP contribution in [-0.4, -0.2) is 11.5 Å². The maximum Gasteiger partial charge on any atom is 0.137 e. The summed E-state index contributed by atoms with van der Waals surface area (Å²) in [6, 6.07) is 16.6. The van der Waals surface area contributed by atoms with Crippen LogP contribution >= 0.6 is 11.6 Å². The van der Waals surface area contributed by atoms with Gasteiger partial charge in [-0.1, -0.05) is 35.9 Å². The molecule has 1 aliphatic heterocycles. The number of benzene rings is 2. The van der Waals surface area contributed by atoms with Crippen LogP contribution < -0.4 is 4.90 Å². The van der Waals surface area contributed by atoms with Gasteiger partial charge in [-0.25, -0.2) is 4.98 Å². The van der Waals surface area contributed by atoms with Gasteiger partial charge in [0.05, 0.1) is 16.2 Å². The van der Waals surface area contributed by atoms with Crippen molar-refractivity contribution in [1.29, 1.82) is 0 Å². The third-order valence-corrected chi connectivity index (χ3v) is 4.35. The highest BCUT2D eigenvalue weighted by molar-refractivity contribution is 6.33. The summed E-state index contributed by atoms with van der Waals surface area (Å²) in [4.78, 5) is 7.10. The number of aryl methyl sites for hydroxylation is 1. The van der Waals surface area contributed by atoms with Crippen LogP contribution in [0.5, 0.6) is 0 Å². The quantitative estimate of drug-likeness (QED) is 0.635. The Morgan fingerprint density at radius 1 is 1.10 bits per heavy atom. The molecule has 104 valence electrons. The van der Waals surface area contributed by atoms with Gasteiger partial charge in [-0.2, -0.15) is 0 Å². The van der Waals surface area contributed by atoms with E-state index in [1.54, 1.807) is 0 Å². The first-order valence-electron chi connectivity index (χ1n) is 7.15. The number of anilines is 2. The molecular weight excluding hydrogens is 280 g/mol. The minimum atomic E-state index is 0.775. The Hall–Kier alpha value is -2.06. The smallest absolute Gasteiger partial charge is 0.137 e. The summed E-state index contributed by atoms with van der Waals surface area (Å²) in [5, 5.41) is 1.98. The predicted octanol–water partition coefficient (Wildman–Crippen LogP) is 4.89. The van der Waals surface area contributed by atoms with Crippen LogP contribution in [-0.2, 0) is 6.42 Å². The van der Waals surface area contributed by atoms with Gasteiger partial charge in [0.25, 0.3) is 0 Å². The van der Waals surface area contributed by atoms with Crippen molar-refractivity contribution in [2.75, 3.05) is 11.4 Å². The van der Waals surface area contributed by atoms with Gasteiger partial charge >= 0.3 is 0 Å². The highest BCUT2D eigenvalue weighted by atomic mass is 35.5. The Balaban J connectivity index is 1.89. The standard InChI is InChI=1S/C18H15ClN2/c1-12-6-7-13-11-14-8-9-21(18(14)20-16(13)10-12)17-5-3-2-4-15(17)19/h2-7,10-11H,8-9H2,1H3. The molecule has 2 nitrogen and oxygen atoms in total. The van der Waals surface area contributed by atoms with E-state index < -0.39 is 0 Å². The molecule has 0 saturated heterocycles. The normalized spacial score (nSPS) is 13.7. The highest BCUT2D eigenvalue weighted by Gasteiger charge is 2.24. The van der Waals surface area contributed by atoms with Crippen molar-refractivity contribution in [2.24, 2.45) is 0 Å². The molecule has 0 bridgehead atoms. The van der Waals surface area contributed by atoms with Crippen LogP contribution in [0.4, 0.5) is 11.5 Å². The third kappa shape index (κ3) is 2.07. The van der Waals surface area contributed by atoms with E-state index >= 15 is 0 Å². The average molecular weight is 295 g/mol. The van der Waals surface area contributed by atoms with Crippen molar-refractivity contribution in [3.8, 4) is 0 Å². The number of aromatic nitrogens is 1. The number of fused-ring (bicyclic) bond motifs is 2. The largest absolute Gasteiger partial charge is 0.324 e.